The summed E-state index contributed by atoms with van der Waals surface area (Å²) in [6.45, 7) is 8.18. The highest BCUT2D eigenvalue weighted by Crippen LogP contribution is 2.25. The van der Waals surface area contributed by atoms with Crippen LogP contribution in [0, 0.1) is 13.8 Å². The van der Waals surface area contributed by atoms with E-state index in [4.69, 9.17) is 9.72 Å². The summed E-state index contributed by atoms with van der Waals surface area (Å²) < 4.78 is 7.35. The summed E-state index contributed by atoms with van der Waals surface area (Å²) in [4.78, 5) is 35.6. The van der Waals surface area contributed by atoms with E-state index < -0.39 is 0 Å². The number of anilines is 1. The summed E-state index contributed by atoms with van der Waals surface area (Å²) >= 11 is 0. The van der Waals surface area contributed by atoms with Crippen LogP contribution in [0.25, 0.3) is 16.9 Å². The van der Waals surface area contributed by atoms with E-state index >= 15 is 0 Å². The summed E-state index contributed by atoms with van der Waals surface area (Å²) in [5.41, 5.74) is 5.84. The lowest BCUT2D eigenvalue weighted by Crippen LogP contribution is -2.45. The topological polar surface area (TPSA) is 79.7 Å². The standard InChI is InChI=1S/C33H37N5O3/c1-25-8-12-28(13-9-25)30-23-38(29-14-10-26(2)11-15-29)33(34-30)35-31(39)24-37(17-16-36-18-20-41-21-19-36)32(40)22-27-6-4-3-5-7-27/h3-15,23H,16-22,24H2,1-2H3,(H,34,35,39). The van der Waals surface area contributed by atoms with Gasteiger partial charge in [0.05, 0.1) is 31.9 Å². The molecule has 5 rings (SSSR count). The first-order chi connectivity index (χ1) is 19.9. The van der Waals surface area contributed by atoms with Crippen molar-refractivity contribution in [2.45, 2.75) is 20.3 Å². The van der Waals surface area contributed by atoms with Gasteiger partial charge in [0, 0.05) is 43.6 Å². The molecular formula is C33H37N5O3. The van der Waals surface area contributed by atoms with Crippen LogP contribution >= 0.6 is 0 Å². The highest BCUT2D eigenvalue weighted by molar-refractivity contribution is 5.94. The second-order valence-corrected chi connectivity index (χ2v) is 10.5. The number of nitrogens with one attached hydrogen (secondary N) is 1. The quantitative estimate of drug-likeness (QED) is 0.314. The van der Waals surface area contributed by atoms with E-state index in [1.807, 2.05) is 103 Å². The van der Waals surface area contributed by atoms with Gasteiger partial charge in [-0.3, -0.25) is 24.4 Å². The molecule has 3 aromatic carbocycles. The molecule has 0 spiro atoms. The Bertz CT molecular complexity index is 1440. The summed E-state index contributed by atoms with van der Waals surface area (Å²) in [5.74, 6) is 0.0442. The molecule has 0 radical (unpaired) electrons. The fourth-order valence-electron chi connectivity index (χ4n) is 4.83. The van der Waals surface area contributed by atoms with Crippen LogP contribution in [0.2, 0.25) is 0 Å². The maximum absolute atomic E-state index is 13.5. The number of hydrogen-bond donors (Lipinski definition) is 1. The number of benzene rings is 3. The van der Waals surface area contributed by atoms with Gasteiger partial charge in [-0.2, -0.15) is 0 Å². The molecule has 1 aliphatic heterocycles. The molecule has 1 aromatic heterocycles. The van der Waals surface area contributed by atoms with Crippen molar-refractivity contribution >= 4 is 17.8 Å². The molecule has 2 amide bonds. The number of amides is 2. The molecule has 8 nitrogen and oxygen atoms in total. The van der Waals surface area contributed by atoms with Crippen LogP contribution in [0.1, 0.15) is 16.7 Å². The van der Waals surface area contributed by atoms with E-state index in [2.05, 4.69) is 10.2 Å². The van der Waals surface area contributed by atoms with Gasteiger partial charge in [0.2, 0.25) is 17.8 Å². The predicted octanol–water partition coefficient (Wildman–Crippen LogP) is 4.50. The Balaban J connectivity index is 1.35. The lowest BCUT2D eigenvalue weighted by molar-refractivity contribution is -0.134. The van der Waals surface area contributed by atoms with Crippen LogP contribution in [0.4, 0.5) is 5.95 Å². The van der Waals surface area contributed by atoms with Crippen molar-refractivity contribution in [3.05, 3.63) is 102 Å². The molecule has 4 aromatic rings. The summed E-state index contributed by atoms with van der Waals surface area (Å²) in [6, 6.07) is 25.8. The fraction of sp³-hybridized carbons (Fsp3) is 0.303. The van der Waals surface area contributed by atoms with Gasteiger partial charge in [0.15, 0.2) is 0 Å². The minimum absolute atomic E-state index is 0.0589. The number of rotatable bonds is 10. The predicted molar refractivity (Wildman–Crippen MR) is 161 cm³/mol. The Kier molecular flexibility index (Phi) is 9.23. The fourth-order valence-corrected chi connectivity index (χ4v) is 4.83. The van der Waals surface area contributed by atoms with E-state index in [-0.39, 0.29) is 24.8 Å². The molecule has 0 bridgehead atoms. The average molecular weight is 552 g/mol. The third-order valence-electron chi connectivity index (χ3n) is 7.29. The lowest BCUT2D eigenvalue weighted by Gasteiger charge is -2.30. The largest absolute Gasteiger partial charge is 0.379 e. The number of imidazole rings is 1. The van der Waals surface area contributed by atoms with E-state index in [0.29, 0.717) is 32.3 Å². The first-order valence-corrected chi connectivity index (χ1v) is 14.1. The van der Waals surface area contributed by atoms with E-state index in [1.165, 1.54) is 0 Å². The van der Waals surface area contributed by atoms with Gasteiger partial charge in [-0.1, -0.05) is 77.9 Å². The summed E-state index contributed by atoms with van der Waals surface area (Å²) in [6.07, 6.45) is 2.18. The van der Waals surface area contributed by atoms with Crippen LogP contribution in [0.5, 0.6) is 0 Å². The third kappa shape index (κ3) is 7.68. The van der Waals surface area contributed by atoms with Crippen molar-refractivity contribution in [3.8, 4) is 16.9 Å². The van der Waals surface area contributed by atoms with E-state index in [0.717, 1.165) is 46.7 Å². The van der Waals surface area contributed by atoms with Crippen LogP contribution in [0.15, 0.2) is 85.1 Å². The van der Waals surface area contributed by atoms with Crippen LogP contribution in [-0.4, -0.2) is 77.1 Å². The molecule has 2 heterocycles. The third-order valence-corrected chi connectivity index (χ3v) is 7.29. The maximum atomic E-state index is 13.5. The van der Waals surface area contributed by atoms with E-state index in [1.54, 1.807) is 4.90 Å². The molecule has 8 heteroatoms. The number of carbonyl (C=O) groups is 2. The molecule has 0 aliphatic carbocycles. The highest BCUT2D eigenvalue weighted by Gasteiger charge is 2.21. The Hall–Kier alpha value is -4.27. The Morgan fingerprint density at radius 3 is 2.24 bits per heavy atom. The summed E-state index contributed by atoms with van der Waals surface area (Å²) in [5, 5.41) is 3.00. The average Bonchev–Trinajstić information content (AvgIpc) is 3.40. The van der Waals surface area contributed by atoms with Gasteiger partial charge in [-0.15, -0.1) is 0 Å². The van der Waals surface area contributed by atoms with Crippen molar-refractivity contribution in [1.29, 1.82) is 0 Å². The van der Waals surface area contributed by atoms with Gasteiger partial charge in [0.1, 0.15) is 0 Å². The minimum Gasteiger partial charge on any atom is -0.379 e. The van der Waals surface area contributed by atoms with Crippen molar-refractivity contribution in [3.63, 3.8) is 0 Å². The molecular weight excluding hydrogens is 514 g/mol. The van der Waals surface area contributed by atoms with Crippen molar-refractivity contribution in [2.75, 3.05) is 51.3 Å². The minimum atomic E-state index is -0.289. The zero-order chi connectivity index (χ0) is 28.6. The van der Waals surface area contributed by atoms with Crippen molar-refractivity contribution in [1.82, 2.24) is 19.4 Å². The SMILES string of the molecule is Cc1ccc(-c2cn(-c3ccc(C)cc3)c(NC(=O)CN(CCN3CCOCC3)C(=O)Cc3ccccc3)n2)cc1. The molecule has 212 valence electrons. The zero-order valence-electron chi connectivity index (χ0n) is 23.8. The molecule has 1 aliphatic rings. The van der Waals surface area contributed by atoms with E-state index in [9.17, 15) is 9.59 Å². The van der Waals surface area contributed by atoms with Gasteiger partial charge in [-0.25, -0.2) is 4.98 Å². The first-order valence-electron chi connectivity index (χ1n) is 14.1. The van der Waals surface area contributed by atoms with Gasteiger partial charge >= 0.3 is 0 Å². The van der Waals surface area contributed by atoms with Gasteiger partial charge in [-0.05, 0) is 31.5 Å². The molecule has 0 saturated carbocycles. The maximum Gasteiger partial charge on any atom is 0.246 e. The lowest BCUT2D eigenvalue weighted by atomic mass is 10.1. The normalized spacial score (nSPS) is 13.6. The van der Waals surface area contributed by atoms with Crippen LogP contribution < -0.4 is 5.32 Å². The monoisotopic (exact) mass is 551 g/mol. The molecule has 1 fully saturated rings. The molecule has 0 unspecified atom stereocenters. The Morgan fingerprint density at radius 2 is 1.56 bits per heavy atom. The van der Waals surface area contributed by atoms with Crippen molar-refractivity contribution < 1.29 is 14.3 Å². The van der Waals surface area contributed by atoms with Gasteiger partial charge in [0.25, 0.3) is 0 Å². The number of hydrogen-bond acceptors (Lipinski definition) is 5. The highest BCUT2D eigenvalue weighted by atomic mass is 16.5. The first kappa shape index (κ1) is 28.3. The molecule has 1 saturated heterocycles. The Morgan fingerprint density at radius 1 is 0.902 bits per heavy atom. The number of nitrogens with zero attached hydrogens (tertiary/aromatic N) is 4. The number of carbonyl (C=O) groups excluding carboxylic acids is 2. The number of ether oxygens (including phenoxy) is 1. The van der Waals surface area contributed by atoms with Crippen LogP contribution in [-0.2, 0) is 20.7 Å². The zero-order valence-corrected chi connectivity index (χ0v) is 23.8. The molecule has 41 heavy (non-hydrogen) atoms. The number of morpholine rings is 1. The molecule has 0 atom stereocenters. The van der Waals surface area contributed by atoms with Crippen LogP contribution in [0.3, 0.4) is 0 Å². The number of aryl methyl sites for hydroxylation is 2. The number of aromatic nitrogens is 2. The van der Waals surface area contributed by atoms with Crippen molar-refractivity contribution in [2.24, 2.45) is 0 Å². The smallest absolute Gasteiger partial charge is 0.246 e. The second-order valence-electron chi connectivity index (χ2n) is 10.5. The van der Waals surface area contributed by atoms with Gasteiger partial charge < -0.3 is 9.64 Å². The Labute approximate surface area is 241 Å². The summed E-state index contributed by atoms with van der Waals surface area (Å²) in [7, 11) is 0. The molecule has 1 N–H and O–H groups in total. The second kappa shape index (κ2) is 13.4.